The summed E-state index contributed by atoms with van der Waals surface area (Å²) in [7, 11) is -1.32. The van der Waals surface area contributed by atoms with Gasteiger partial charge in [-0.3, -0.25) is 4.99 Å². The third-order valence-corrected chi connectivity index (χ3v) is 6.61. The van der Waals surface area contributed by atoms with Crippen molar-refractivity contribution in [3.63, 3.8) is 0 Å². The molecule has 0 radical (unpaired) electrons. The van der Waals surface area contributed by atoms with Crippen molar-refractivity contribution < 1.29 is 13.2 Å². The molecule has 2 rings (SSSR count). The number of hydrogen-bond donors (Lipinski definition) is 2. The van der Waals surface area contributed by atoms with Gasteiger partial charge < -0.3 is 15.4 Å². The number of nitrogens with zero attached hydrogens (tertiary/aromatic N) is 2. The van der Waals surface area contributed by atoms with Crippen molar-refractivity contribution in [3.8, 4) is 0 Å². The van der Waals surface area contributed by atoms with Crippen LogP contribution in [0.2, 0.25) is 0 Å². The molecule has 3 unspecified atom stereocenters. The number of rotatable bonds is 6. The Balaban J connectivity index is 1.90. The molecule has 1 saturated heterocycles. The van der Waals surface area contributed by atoms with E-state index in [1.165, 1.54) is 6.26 Å². The molecule has 8 heteroatoms. The van der Waals surface area contributed by atoms with Gasteiger partial charge in [0.2, 0.25) is 10.0 Å². The molecule has 2 aliphatic rings. The van der Waals surface area contributed by atoms with Gasteiger partial charge in [0, 0.05) is 44.7 Å². The zero-order valence-corrected chi connectivity index (χ0v) is 16.3. The second kappa shape index (κ2) is 7.58. The van der Waals surface area contributed by atoms with Gasteiger partial charge in [-0.1, -0.05) is 13.8 Å². The molecule has 2 fully saturated rings. The summed E-state index contributed by atoms with van der Waals surface area (Å²) in [6.07, 6.45) is 3.39. The van der Waals surface area contributed by atoms with Crippen molar-refractivity contribution in [1.29, 1.82) is 0 Å². The Labute approximate surface area is 146 Å². The predicted molar refractivity (Wildman–Crippen MR) is 96.6 cm³/mol. The van der Waals surface area contributed by atoms with Gasteiger partial charge in [0.25, 0.3) is 0 Å². The highest BCUT2D eigenvalue weighted by Gasteiger charge is 2.48. The minimum Gasteiger partial charge on any atom is -0.381 e. The highest BCUT2D eigenvalue weighted by Crippen LogP contribution is 2.42. The van der Waals surface area contributed by atoms with Crippen molar-refractivity contribution >= 4 is 16.0 Å². The molecule has 1 heterocycles. The monoisotopic (exact) mass is 360 g/mol. The fourth-order valence-electron chi connectivity index (χ4n) is 3.48. The molecule has 7 nitrogen and oxygen atoms in total. The lowest BCUT2D eigenvalue weighted by Gasteiger charge is -2.51. The molecular weight excluding hydrogens is 328 g/mol. The third-order valence-electron chi connectivity index (χ3n) is 5.34. The number of nitrogens with one attached hydrogen (secondary N) is 2. The summed E-state index contributed by atoms with van der Waals surface area (Å²) in [5, 5.41) is 6.79. The van der Waals surface area contributed by atoms with E-state index in [1.54, 1.807) is 11.4 Å². The largest absolute Gasteiger partial charge is 0.381 e. The lowest BCUT2D eigenvalue weighted by Crippen LogP contribution is -2.63. The Morgan fingerprint density at radius 2 is 2.12 bits per heavy atom. The second-order valence-electron chi connectivity index (χ2n) is 7.47. The van der Waals surface area contributed by atoms with Crippen LogP contribution in [0.15, 0.2) is 4.99 Å². The van der Waals surface area contributed by atoms with Crippen LogP contribution in [0.25, 0.3) is 0 Å². The van der Waals surface area contributed by atoms with E-state index in [4.69, 9.17) is 4.74 Å². The summed E-state index contributed by atoms with van der Waals surface area (Å²) in [5.41, 5.74) is 0.0748. The van der Waals surface area contributed by atoms with Crippen LogP contribution in [-0.4, -0.2) is 70.4 Å². The van der Waals surface area contributed by atoms with Crippen LogP contribution in [0.3, 0.4) is 0 Å². The first-order valence-electron chi connectivity index (χ1n) is 8.71. The molecule has 0 aromatic carbocycles. The molecule has 3 atom stereocenters. The van der Waals surface area contributed by atoms with E-state index in [2.05, 4.69) is 29.5 Å². The van der Waals surface area contributed by atoms with E-state index in [0.29, 0.717) is 25.7 Å². The zero-order chi connectivity index (χ0) is 18.0. The van der Waals surface area contributed by atoms with Gasteiger partial charge in [-0.15, -0.1) is 0 Å². The fraction of sp³-hybridized carbons (Fsp3) is 0.938. The van der Waals surface area contributed by atoms with Crippen molar-refractivity contribution in [2.24, 2.45) is 16.3 Å². The maximum absolute atomic E-state index is 11.6. The smallest absolute Gasteiger partial charge is 0.211 e. The van der Waals surface area contributed by atoms with Crippen LogP contribution in [0.4, 0.5) is 0 Å². The molecule has 2 N–H and O–H groups in total. The Bertz CT molecular complexity index is 562. The Kier molecular flexibility index (Phi) is 6.14. The highest BCUT2D eigenvalue weighted by atomic mass is 32.2. The number of sulfonamides is 1. The van der Waals surface area contributed by atoms with Gasteiger partial charge in [0.05, 0.1) is 12.4 Å². The van der Waals surface area contributed by atoms with Crippen molar-refractivity contribution in [2.75, 3.05) is 39.5 Å². The minimum absolute atomic E-state index is 0.0748. The molecule has 0 bridgehead atoms. The summed E-state index contributed by atoms with van der Waals surface area (Å²) in [6, 6.07) is 0.330. The molecule has 1 aliphatic carbocycles. The molecule has 0 amide bonds. The van der Waals surface area contributed by atoms with Crippen LogP contribution >= 0.6 is 0 Å². The summed E-state index contributed by atoms with van der Waals surface area (Å²) < 4.78 is 30.2. The van der Waals surface area contributed by atoms with E-state index >= 15 is 0 Å². The van der Waals surface area contributed by atoms with Crippen molar-refractivity contribution in [1.82, 2.24) is 14.9 Å². The maximum atomic E-state index is 11.6. The first-order chi connectivity index (χ1) is 11.2. The lowest BCUT2D eigenvalue weighted by molar-refractivity contribution is -0.0922. The van der Waals surface area contributed by atoms with Crippen molar-refractivity contribution in [2.45, 2.75) is 45.8 Å². The lowest BCUT2D eigenvalue weighted by atomic mass is 9.64. The second-order valence-corrected chi connectivity index (χ2v) is 9.46. The molecule has 1 aliphatic heterocycles. The van der Waals surface area contributed by atoms with Crippen LogP contribution in [-0.2, 0) is 14.8 Å². The topological polar surface area (TPSA) is 83.0 Å². The standard InChI is InChI=1S/C16H32N4O3S/c1-6-17-15(19-13-9-14(23-4)16(13,2)3)18-10-12-7-8-20(11-12)24(5,21)22/h12-14H,6-11H2,1-5H3,(H2,17,18,19). The van der Waals surface area contributed by atoms with E-state index in [9.17, 15) is 8.42 Å². The highest BCUT2D eigenvalue weighted by molar-refractivity contribution is 7.88. The third kappa shape index (κ3) is 4.40. The number of guanidine groups is 1. The molecule has 1 saturated carbocycles. The van der Waals surface area contributed by atoms with E-state index in [1.807, 2.05) is 6.92 Å². The normalized spacial score (nSPS) is 30.9. The minimum atomic E-state index is -3.08. The van der Waals surface area contributed by atoms with E-state index in [0.717, 1.165) is 25.3 Å². The van der Waals surface area contributed by atoms with Gasteiger partial charge in [-0.25, -0.2) is 12.7 Å². The zero-order valence-electron chi connectivity index (χ0n) is 15.5. The summed E-state index contributed by atoms with van der Waals surface area (Å²) in [5.74, 6) is 1.10. The van der Waals surface area contributed by atoms with Crippen LogP contribution < -0.4 is 10.6 Å². The molecular formula is C16H32N4O3S. The predicted octanol–water partition coefficient (Wildman–Crippen LogP) is 0.637. The number of aliphatic imine (C=N–C) groups is 1. The van der Waals surface area contributed by atoms with Gasteiger partial charge in [0.1, 0.15) is 0 Å². The summed E-state index contributed by atoms with van der Waals surface area (Å²) in [6.45, 7) is 9.06. The van der Waals surface area contributed by atoms with Crippen LogP contribution in [0.5, 0.6) is 0 Å². The molecule has 24 heavy (non-hydrogen) atoms. The SMILES string of the molecule is CCNC(=NCC1CCN(S(C)(=O)=O)C1)NC1CC(OC)C1(C)C. The van der Waals surface area contributed by atoms with Gasteiger partial charge in [-0.2, -0.15) is 0 Å². The average Bonchev–Trinajstić information content (AvgIpc) is 2.97. The quantitative estimate of drug-likeness (QED) is 0.536. The fourth-order valence-corrected chi connectivity index (χ4v) is 4.40. The van der Waals surface area contributed by atoms with Gasteiger partial charge in [0.15, 0.2) is 5.96 Å². The Morgan fingerprint density at radius 3 is 2.62 bits per heavy atom. The van der Waals surface area contributed by atoms with Crippen LogP contribution in [0.1, 0.15) is 33.6 Å². The number of ether oxygens (including phenoxy) is 1. The molecule has 0 spiro atoms. The van der Waals surface area contributed by atoms with Crippen molar-refractivity contribution in [3.05, 3.63) is 0 Å². The summed E-state index contributed by atoms with van der Waals surface area (Å²) >= 11 is 0. The van der Waals surface area contributed by atoms with Gasteiger partial charge >= 0.3 is 0 Å². The Hall–Kier alpha value is -0.860. The van der Waals surface area contributed by atoms with E-state index in [-0.39, 0.29) is 17.4 Å². The van der Waals surface area contributed by atoms with Gasteiger partial charge in [-0.05, 0) is 25.7 Å². The number of methoxy groups -OCH3 is 1. The summed E-state index contributed by atoms with van der Waals surface area (Å²) in [4.78, 5) is 4.68. The molecule has 140 valence electrons. The molecule has 0 aromatic heterocycles. The Morgan fingerprint density at radius 1 is 1.42 bits per heavy atom. The van der Waals surface area contributed by atoms with Crippen LogP contribution in [0, 0.1) is 11.3 Å². The first kappa shape index (κ1) is 19.5. The van der Waals surface area contributed by atoms with E-state index < -0.39 is 10.0 Å². The first-order valence-corrected chi connectivity index (χ1v) is 10.6. The number of hydrogen-bond acceptors (Lipinski definition) is 4. The average molecular weight is 361 g/mol. The maximum Gasteiger partial charge on any atom is 0.211 e. The molecule has 0 aromatic rings.